The second kappa shape index (κ2) is 10.9. The predicted octanol–water partition coefficient (Wildman–Crippen LogP) is 1.19. The molecule has 0 aromatic heterocycles. The fraction of sp³-hybridized carbons (Fsp3) is 0.900. The fourth-order valence-electron chi connectivity index (χ4n) is 3.70. The van der Waals surface area contributed by atoms with Crippen LogP contribution in [-0.2, 0) is 4.74 Å². The van der Waals surface area contributed by atoms with Crippen molar-refractivity contribution in [1.29, 1.82) is 0 Å². The van der Waals surface area contributed by atoms with Crippen molar-refractivity contribution in [2.45, 2.75) is 51.7 Å². The second-order valence-electron chi connectivity index (χ2n) is 8.90. The van der Waals surface area contributed by atoms with E-state index in [4.69, 9.17) is 4.74 Å². The van der Waals surface area contributed by atoms with Gasteiger partial charge in [0.2, 0.25) is 0 Å². The summed E-state index contributed by atoms with van der Waals surface area (Å²) in [5.41, 5.74) is -0.469. The van der Waals surface area contributed by atoms with Crippen molar-refractivity contribution in [1.82, 2.24) is 25.3 Å². The number of carbonyl (C=O) groups is 1. The first kappa shape index (κ1) is 22.7. The number of likely N-dealkylation sites (tertiary alicyclic amines) is 1. The Balaban J connectivity index is 1.66. The van der Waals surface area contributed by atoms with Gasteiger partial charge in [0.25, 0.3) is 0 Å². The van der Waals surface area contributed by atoms with Crippen molar-refractivity contribution >= 4 is 12.1 Å². The van der Waals surface area contributed by atoms with Crippen LogP contribution in [0.4, 0.5) is 4.79 Å². The molecule has 0 radical (unpaired) electrons. The lowest BCUT2D eigenvalue weighted by molar-refractivity contribution is 0.0507. The molecule has 2 rings (SSSR count). The van der Waals surface area contributed by atoms with E-state index >= 15 is 0 Å². The maximum atomic E-state index is 12.0. The monoisotopic (exact) mass is 396 g/mol. The summed E-state index contributed by atoms with van der Waals surface area (Å²) in [4.78, 5) is 23.6. The molecule has 2 N–H and O–H groups in total. The number of nitrogens with one attached hydrogen (secondary N) is 2. The van der Waals surface area contributed by atoms with Crippen LogP contribution in [0.2, 0.25) is 0 Å². The van der Waals surface area contributed by atoms with Gasteiger partial charge in [-0.2, -0.15) is 0 Å². The summed E-state index contributed by atoms with van der Waals surface area (Å²) in [6.07, 6.45) is 2.92. The highest BCUT2D eigenvalue weighted by molar-refractivity contribution is 5.80. The Morgan fingerprint density at radius 2 is 1.96 bits per heavy atom. The van der Waals surface area contributed by atoms with Gasteiger partial charge < -0.3 is 30.1 Å². The molecule has 2 saturated heterocycles. The Labute approximate surface area is 170 Å². The number of aliphatic imine (C=N–C) groups is 1. The minimum absolute atomic E-state index is 0.0995. The lowest BCUT2D eigenvalue weighted by atomic mass is 10.2. The van der Waals surface area contributed by atoms with Crippen LogP contribution in [-0.4, -0.2) is 105 Å². The molecule has 2 aliphatic heterocycles. The molecule has 0 saturated carbocycles. The third-order valence-electron chi connectivity index (χ3n) is 5.17. The van der Waals surface area contributed by atoms with E-state index in [9.17, 15) is 4.79 Å². The molecule has 8 nitrogen and oxygen atoms in total. The van der Waals surface area contributed by atoms with E-state index in [-0.39, 0.29) is 12.1 Å². The molecule has 2 fully saturated rings. The van der Waals surface area contributed by atoms with Crippen LogP contribution in [0.25, 0.3) is 0 Å². The fourth-order valence-corrected chi connectivity index (χ4v) is 3.70. The van der Waals surface area contributed by atoms with E-state index in [1.807, 2.05) is 27.8 Å². The quantitative estimate of drug-likeness (QED) is 0.413. The number of ether oxygens (including phenoxy) is 1. The summed E-state index contributed by atoms with van der Waals surface area (Å²) in [5.74, 6) is 0.920. The number of rotatable bonds is 5. The number of hydrogen-bond donors (Lipinski definition) is 2. The van der Waals surface area contributed by atoms with Crippen molar-refractivity contribution in [2.75, 3.05) is 66.5 Å². The first-order chi connectivity index (χ1) is 13.3. The molecule has 1 unspecified atom stereocenters. The number of amides is 1. The van der Waals surface area contributed by atoms with Crippen LogP contribution in [0.1, 0.15) is 40.0 Å². The highest BCUT2D eigenvalue weighted by Gasteiger charge is 2.27. The van der Waals surface area contributed by atoms with E-state index in [1.165, 1.54) is 19.5 Å². The third kappa shape index (κ3) is 8.22. The average molecular weight is 397 g/mol. The molecule has 162 valence electrons. The maximum Gasteiger partial charge on any atom is 0.407 e. The molecule has 2 heterocycles. The molecule has 0 spiro atoms. The minimum atomic E-state index is -0.469. The zero-order valence-corrected chi connectivity index (χ0v) is 18.5. The Morgan fingerprint density at radius 3 is 2.68 bits per heavy atom. The van der Waals surface area contributed by atoms with Gasteiger partial charge in [-0.25, -0.2) is 4.79 Å². The van der Waals surface area contributed by atoms with E-state index in [1.54, 1.807) is 0 Å². The molecule has 8 heteroatoms. The van der Waals surface area contributed by atoms with Gasteiger partial charge in [0.15, 0.2) is 5.96 Å². The van der Waals surface area contributed by atoms with Gasteiger partial charge in [-0.15, -0.1) is 0 Å². The largest absolute Gasteiger partial charge is 0.444 e. The number of likely N-dealkylation sites (N-methyl/N-ethyl adjacent to an activating group) is 1. The zero-order valence-electron chi connectivity index (χ0n) is 18.5. The number of nitrogens with zero attached hydrogens (tertiary/aromatic N) is 4. The van der Waals surface area contributed by atoms with Crippen molar-refractivity contribution in [2.24, 2.45) is 4.99 Å². The Bertz CT molecular complexity index is 519. The lowest BCUT2D eigenvalue weighted by Crippen LogP contribution is -2.44. The highest BCUT2D eigenvalue weighted by Crippen LogP contribution is 2.12. The van der Waals surface area contributed by atoms with Crippen LogP contribution in [0.3, 0.4) is 0 Å². The van der Waals surface area contributed by atoms with E-state index < -0.39 is 5.60 Å². The molecular formula is C20H40N6O2. The highest BCUT2D eigenvalue weighted by atomic mass is 16.6. The summed E-state index contributed by atoms with van der Waals surface area (Å²) >= 11 is 0. The predicted molar refractivity (Wildman–Crippen MR) is 114 cm³/mol. The lowest BCUT2D eigenvalue weighted by Gasteiger charge is -2.24. The average Bonchev–Trinajstić information content (AvgIpc) is 2.94. The van der Waals surface area contributed by atoms with Gasteiger partial charge in [0.05, 0.1) is 6.04 Å². The van der Waals surface area contributed by atoms with Gasteiger partial charge in [0.1, 0.15) is 5.60 Å². The van der Waals surface area contributed by atoms with E-state index in [0.29, 0.717) is 0 Å². The van der Waals surface area contributed by atoms with Gasteiger partial charge in [0, 0.05) is 39.8 Å². The van der Waals surface area contributed by atoms with Crippen molar-refractivity contribution < 1.29 is 9.53 Å². The number of guanidine groups is 1. The Kier molecular flexibility index (Phi) is 8.82. The summed E-state index contributed by atoms with van der Waals surface area (Å²) in [6, 6.07) is 0.0995. The van der Waals surface area contributed by atoms with Gasteiger partial charge >= 0.3 is 6.09 Å². The molecule has 0 aliphatic carbocycles. The van der Waals surface area contributed by atoms with Crippen LogP contribution in [0.15, 0.2) is 4.99 Å². The first-order valence-corrected chi connectivity index (χ1v) is 10.6. The van der Waals surface area contributed by atoms with Crippen LogP contribution in [0.5, 0.6) is 0 Å². The maximum absolute atomic E-state index is 12.0. The summed E-state index contributed by atoms with van der Waals surface area (Å²) in [5, 5.41) is 6.45. The Hall–Kier alpha value is -1.54. The topological polar surface area (TPSA) is 72.4 Å². The molecule has 1 atom stereocenters. The SMILES string of the molecule is CN=C(NCCCN1CCCN(C)CC1)N1CCC(NC(=O)OC(C)(C)C)C1. The molecule has 0 aromatic rings. The standard InChI is InChI=1S/C20H40N6O2/c1-20(2,3)28-19(27)23-17-8-13-26(16-17)18(21-4)22-9-6-11-25-12-7-10-24(5)14-15-25/h17H,6-16H2,1-5H3,(H,21,22)(H,23,27). The van der Waals surface area contributed by atoms with Gasteiger partial charge in [-0.3, -0.25) is 4.99 Å². The van der Waals surface area contributed by atoms with Crippen molar-refractivity contribution in [3.05, 3.63) is 0 Å². The minimum Gasteiger partial charge on any atom is -0.444 e. The summed E-state index contributed by atoms with van der Waals surface area (Å²) < 4.78 is 5.35. The van der Waals surface area contributed by atoms with Crippen LogP contribution >= 0.6 is 0 Å². The van der Waals surface area contributed by atoms with E-state index in [2.05, 4.69) is 37.4 Å². The number of carbonyl (C=O) groups excluding carboxylic acids is 1. The Morgan fingerprint density at radius 1 is 1.18 bits per heavy atom. The molecule has 1 amide bonds. The zero-order chi connectivity index (χ0) is 20.6. The van der Waals surface area contributed by atoms with Crippen LogP contribution in [0, 0.1) is 0 Å². The molecule has 2 aliphatic rings. The molecule has 0 aromatic carbocycles. The third-order valence-corrected chi connectivity index (χ3v) is 5.17. The summed E-state index contributed by atoms with van der Waals surface area (Å²) in [7, 11) is 4.03. The van der Waals surface area contributed by atoms with E-state index in [0.717, 1.165) is 58.1 Å². The summed E-state index contributed by atoms with van der Waals surface area (Å²) in [6.45, 7) is 14.0. The van der Waals surface area contributed by atoms with Crippen molar-refractivity contribution in [3.63, 3.8) is 0 Å². The smallest absolute Gasteiger partial charge is 0.407 e. The van der Waals surface area contributed by atoms with Crippen LogP contribution < -0.4 is 10.6 Å². The number of hydrogen-bond acceptors (Lipinski definition) is 5. The second-order valence-corrected chi connectivity index (χ2v) is 8.90. The first-order valence-electron chi connectivity index (χ1n) is 10.6. The normalized spacial score (nSPS) is 22.8. The molecule has 28 heavy (non-hydrogen) atoms. The molecular weight excluding hydrogens is 356 g/mol. The molecule has 0 bridgehead atoms. The van der Waals surface area contributed by atoms with Gasteiger partial charge in [-0.05, 0) is 66.7 Å². The number of alkyl carbamates (subject to hydrolysis) is 1. The van der Waals surface area contributed by atoms with Crippen molar-refractivity contribution in [3.8, 4) is 0 Å². The van der Waals surface area contributed by atoms with Gasteiger partial charge in [-0.1, -0.05) is 0 Å².